The van der Waals surface area contributed by atoms with Gasteiger partial charge in [0.05, 0.1) is 10.9 Å². The fourth-order valence-electron chi connectivity index (χ4n) is 3.93. The van der Waals surface area contributed by atoms with E-state index in [4.69, 9.17) is 10.7 Å². The molecule has 122 valence electrons. The molecule has 2 aromatic rings. The highest BCUT2D eigenvalue weighted by Crippen LogP contribution is 2.46. The van der Waals surface area contributed by atoms with E-state index in [9.17, 15) is 4.79 Å². The van der Waals surface area contributed by atoms with Gasteiger partial charge in [0.15, 0.2) is 0 Å². The summed E-state index contributed by atoms with van der Waals surface area (Å²) < 4.78 is 1.82. The first-order chi connectivity index (χ1) is 11.0. The van der Waals surface area contributed by atoms with Crippen LogP contribution in [0.2, 0.25) is 0 Å². The third-order valence-electron chi connectivity index (χ3n) is 5.28. The van der Waals surface area contributed by atoms with Gasteiger partial charge in [-0.1, -0.05) is 6.07 Å². The molecule has 1 aromatic heterocycles. The Morgan fingerprint density at radius 3 is 2.65 bits per heavy atom. The van der Waals surface area contributed by atoms with Crippen molar-refractivity contribution < 1.29 is 0 Å². The fourth-order valence-corrected chi connectivity index (χ4v) is 3.93. The van der Waals surface area contributed by atoms with Crippen LogP contribution in [0.3, 0.4) is 0 Å². The van der Waals surface area contributed by atoms with Gasteiger partial charge in [0.1, 0.15) is 0 Å². The predicted octanol–water partition coefficient (Wildman–Crippen LogP) is 2.20. The van der Waals surface area contributed by atoms with Gasteiger partial charge in [-0.25, -0.2) is 4.98 Å². The molecule has 5 heteroatoms. The molecule has 0 amide bonds. The Kier molecular flexibility index (Phi) is 3.23. The molecule has 1 aromatic carbocycles. The largest absolute Gasteiger partial charge is 0.342 e. The molecule has 2 aliphatic rings. The van der Waals surface area contributed by atoms with Gasteiger partial charge in [0.25, 0.3) is 5.56 Å². The molecule has 2 heterocycles. The van der Waals surface area contributed by atoms with Crippen molar-refractivity contribution in [3.63, 3.8) is 0 Å². The number of rotatable bonds is 3. The minimum Gasteiger partial charge on any atom is -0.342 e. The molecule has 3 atom stereocenters. The van der Waals surface area contributed by atoms with Crippen LogP contribution >= 0.6 is 0 Å². The average Bonchev–Trinajstić information content (AvgIpc) is 3.13. The monoisotopic (exact) mass is 312 g/mol. The van der Waals surface area contributed by atoms with Crippen molar-refractivity contribution in [2.24, 2.45) is 17.6 Å². The SMILES string of the molecule is CCn1c(N2CC3CC3C2)nc2c(C(C)N)cc(C)cc2c1=O. The van der Waals surface area contributed by atoms with Gasteiger partial charge in [0.2, 0.25) is 5.95 Å². The summed E-state index contributed by atoms with van der Waals surface area (Å²) in [5.74, 6) is 2.43. The Morgan fingerprint density at radius 2 is 2.04 bits per heavy atom. The number of benzene rings is 1. The lowest BCUT2D eigenvalue weighted by Gasteiger charge is -2.24. The standard InChI is InChI=1S/C18H24N4O/c1-4-22-17(23)15-6-10(2)5-14(11(3)19)16(15)20-18(22)21-8-12-7-13(12)9-21/h5-6,11-13H,4,7-9,19H2,1-3H3. The van der Waals surface area contributed by atoms with E-state index in [-0.39, 0.29) is 11.6 Å². The van der Waals surface area contributed by atoms with Crippen LogP contribution in [0.4, 0.5) is 5.95 Å². The van der Waals surface area contributed by atoms with Gasteiger partial charge in [-0.2, -0.15) is 0 Å². The normalized spacial score (nSPS) is 24.1. The average molecular weight is 312 g/mol. The minimum atomic E-state index is -0.137. The van der Waals surface area contributed by atoms with Crippen LogP contribution < -0.4 is 16.2 Å². The third-order valence-corrected chi connectivity index (χ3v) is 5.28. The van der Waals surface area contributed by atoms with Gasteiger partial charge in [0, 0.05) is 25.7 Å². The smallest absolute Gasteiger partial charge is 0.262 e. The van der Waals surface area contributed by atoms with E-state index in [0.717, 1.165) is 47.5 Å². The van der Waals surface area contributed by atoms with Gasteiger partial charge in [-0.15, -0.1) is 0 Å². The van der Waals surface area contributed by atoms with E-state index in [1.807, 2.05) is 31.4 Å². The summed E-state index contributed by atoms with van der Waals surface area (Å²) in [6, 6.07) is 3.86. The number of nitrogens with two attached hydrogens (primary N) is 1. The molecule has 23 heavy (non-hydrogen) atoms. The number of nitrogens with zero attached hydrogens (tertiary/aromatic N) is 3. The summed E-state index contributed by atoms with van der Waals surface area (Å²) in [4.78, 5) is 20.2. The quantitative estimate of drug-likeness (QED) is 0.943. The van der Waals surface area contributed by atoms with Crippen molar-refractivity contribution in [1.29, 1.82) is 0 Å². The van der Waals surface area contributed by atoms with Crippen molar-refractivity contribution in [2.45, 2.75) is 39.8 Å². The molecule has 4 rings (SSSR count). The highest BCUT2D eigenvalue weighted by molar-refractivity contribution is 5.83. The number of hydrogen-bond acceptors (Lipinski definition) is 4. The molecule has 1 aliphatic carbocycles. The lowest BCUT2D eigenvalue weighted by Crippen LogP contribution is -2.32. The van der Waals surface area contributed by atoms with Crippen LogP contribution in [0.1, 0.15) is 37.4 Å². The van der Waals surface area contributed by atoms with E-state index in [2.05, 4.69) is 11.0 Å². The molecule has 1 aliphatic heterocycles. The molecule has 0 radical (unpaired) electrons. The van der Waals surface area contributed by atoms with E-state index in [1.165, 1.54) is 6.42 Å². The number of piperidine rings is 1. The first-order valence-electron chi connectivity index (χ1n) is 8.55. The number of hydrogen-bond donors (Lipinski definition) is 1. The summed E-state index contributed by atoms with van der Waals surface area (Å²) in [7, 11) is 0. The second kappa shape index (κ2) is 5.06. The molecular weight excluding hydrogens is 288 g/mol. The Hall–Kier alpha value is -1.88. The van der Waals surface area contributed by atoms with Crippen LogP contribution in [-0.4, -0.2) is 22.6 Å². The molecule has 1 saturated carbocycles. The van der Waals surface area contributed by atoms with Crippen LogP contribution in [0.15, 0.2) is 16.9 Å². The maximum atomic E-state index is 13.0. The van der Waals surface area contributed by atoms with Crippen LogP contribution in [0, 0.1) is 18.8 Å². The summed E-state index contributed by atoms with van der Waals surface area (Å²) in [5.41, 5.74) is 8.99. The molecule has 5 nitrogen and oxygen atoms in total. The molecular formula is C18H24N4O. The fraction of sp³-hybridized carbons (Fsp3) is 0.556. The summed E-state index contributed by atoms with van der Waals surface area (Å²) >= 11 is 0. The molecule has 0 spiro atoms. The van der Waals surface area contributed by atoms with Crippen molar-refractivity contribution in [2.75, 3.05) is 18.0 Å². The Bertz CT molecular complexity index is 829. The molecule has 1 saturated heterocycles. The number of aromatic nitrogens is 2. The first-order valence-corrected chi connectivity index (χ1v) is 8.55. The van der Waals surface area contributed by atoms with Crippen LogP contribution in [-0.2, 0) is 6.54 Å². The molecule has 2 N–H and O–H groups in total. The Balaban J connectivity index is 1.97. The van der Waals surface area contributed by atoms with Gasteiger partial charge in [-0.3, -0.25) is 9.36 Å². The van der Waals surface area contributed by atoms with Crippen molar-refractivity contribution in [3.8, 4) is 0 Å². The first kappa shape index (κ1) is 14.7. The zero-order chi connectivity index (χ0) is 16.3. The predicted molar refractivity (Wildman–Crippen MR) is 92.8 cm³/mol. The summed E-state index contributed by atoms with van der Waals surface area (Å²) in [6.07, 6.45) is 1.34. The second-order valence-electron chi connectivity index (χ2n) is 7.16. The highest BCUT2D eigenvalue weighted by atomic mass is 16.1. The summed E-state index contributed by atoms with van der Waals surface area (Å²) in [5, 5.41) is 0.687. The second-order valence-corrected chi connectivity index (χ2v) is 7.16. The highest BCUT2D eigenvalue weighted by Gasteiger charge is 2.46. The minimum absolute atomic E-state index is 0.0543. The van der Waals surface area contributed by atoms with E-state index < -0.39 is 0 Å². The van der Waals surface area contributed by atoms with Gasteiger partial charge >= 0.3 is 0 Å². The Morgan fingerprint density at radius 1 is 1.35 bits per heavy atom. The van der Waals surface area contributed by atoms with Crippen LogP contribution in [0.25, 0.3) is 10.9 Å². The van der Waals surface area contributed by atoms with E-state index in [0.29, 0.717) is 11.9 Å². The van der Waals surface area contributed by atoms with E-state index >= 15 is 0 Å². The van der Waals surface area contributed by atoms with Crippen molar-refractivity contribution in [1.82, 2.24) is 9.55 Å². The third kappa shape index (κ3) is 2.26. The topological polar surface area (TPSA) is 64.2 Å². The maximum absolute atomic E-state index is 13.0. The van der Waals surface area contributed by atoms with Crippen molar-refractivity contribution >= 4 is 16.9 Å². The Labute approximate surface area is 136 Å². The molecule has 0 bridgehead atoms. The van der Waals surface area contributed by atoms with Gasteiger partial charge in [-0.05, 0) is 56.2 Å². The van der Waals surface area contributed by atoms with E-state index in [1.54, 1.807) is 0 Å². The molecule has 3 unspecified atom stereocenters. The van der Waals surface area contributed by atoms with Crippen LogP contribution in [0.5, 0.6) is 0 Å². The van der Waals surface area contributed by atoms with Crippen molar-refractivity contribution in [3.05, 3.63) is 33.6 Å². The zero-order valence-electron chi connectivity index (χ0n) is 14.0. The summed E-state index contributed by atoms with van der Waals surface area (Å²) in [6.45, 7) is 8.67. The number of aryl methyl sites for hydroxylation is 1. The van der Waals surface area contributed by atoms with Gasteiger partial charge < -0.3 is 10.6 Å². The zero-order valence-corrected chi connectivity index (χ0v) is 14.0. The number of fused-ring (bicyclic) bond motifs is 2. The maximum Gasteiger partial charge on any atom is 0.262 e. The molecule has 2 fully saturated rings. The lowest BCUT2D eigenvalue weighted by molar-refractivity contribution is 0.671. The number of anilines is 1. The lowest BCUT2D eigenvalue weighted by atomic mass is 10.0.